The SMILES string of the molecule is Cn1cc(CN2CCCN(C(=O)[C@H]3Cc4ccccc4O3)CC2)cn1. The third kappa shape index (κ3) is 3.54. The van der Waals surface area contributed by atoms with Gasteiger partial charge in [0.25, 0.3) is 5.91 Å². The van der Waals surface area contributed by atoms with E-state index in [1.54, 1.807) is 0 Å². The second-order valence-electron chi connectivity index (χ2n) is 6.90. The number of hydrogen-bond acceptors (Lipinski definition) is 4. The quantitative estimate of drug-likeness (QED) is 0.849. The molecular formula is C19H24N4O2. The molecule has 2 aromatic rings. The molecule has 6 nitrogen and oxygen atoms in total. The number of ether oxygens (including phenoxy) is 1. The normalized spacial score (nSPS) is 20.8. The highest BCUT2D eigenvalue weighted by atomic mass is 16.5. The third-order valence-corrected chi connectivity index (χ3v) is 4.99. The first-order valence-corrected chi connectivity index (χ1v) is 8.92. The highest BCUT2D eigenvalue weighted by Crippen LogP contribution is 2.29. The van der Waals surface area contributed by atoms with Crippen LogP contribution in [0.15, 0.2) is 36.7 Å². The first kappa shape index (κ1) is 16.1. The van der Waals surface area contributed by atoms with Gasteiger partial charge in [-0.15, -0.1) is 0 Å². The highest BCUT2D eigenvalue weighted by Gasteiger charge is 2.32. The van der Waals surface area contributed by atoms with Crippen LogP contribution in [0.2, 0.25) is 0 Å². The molecule has 1 aromatic carbocycles. The molecule has 0 spiro atoms. The molecule has 25 heavy (non-hydrogen) atoms. The van der Waals surface area contributed by atoms with Crippen molar-refractivity contribution in [3.05, 3.63) is 47.8 Å². The lowest BCUT2D eigenvalue weighted by atomic mass is 10.1. The van der Waals surface area contributed by atoms with Gasteiger partial charge in [-0.3, -0.25) is 14.4 Å². The van der Waals surface area contributed by atoms with Gasteiger partial charge in [0.05, 0.1) is 6.20 Å². The molecule has 132 valence electrons. The van der Waals surface area contributed by atoms with Crippen LogP contribution >= 0.6 is 0 Å². The van der Waals surface area contributed by atoms with Crippen molar-refractivity contribution in [2.45, 2.75) is 25.5 Å². The van der Waals surface area contributed by atoms with Gasteiger partial charge in [0.1, 0.15) is 5.75 Å². The second kappa shape index (κ2) is 6.88. The number of aromatic nitrogens is 2. The Labute approximate surface area is 148 Å². The molecule has 3 heterocycles. The van der Waals surface area contributed by atoms with E-state index in [2.05, 4.69) is 16.2 Å². The zero-order valence-corrected chi connectivity index (χ0v) is 14.6. The van der Waals surface area contributed by atoms with Crippen molar-refractivity contribution < 1.29 is 9.53 Å². The van der Waals surface area contributed by atoms with E-state index in [0.717, 1.165) is 50.5 Å². The number of carbonyl (C=O) groups excluding carboxylic acids is 1. The molecule has 1 fully saturated rings. The molecule has 6 heteroatoms. The fraction of sp³-hybridized carbons (Fsp3) is 0.474. The Morgan fingerprint density at radius 1 is 1.24 bits per heavy atom. The summed E-state index contributed by atoms with van der Waals surface area (Å²) in [5.74, 6) is 0.980. The van der Waals surface area contributed by atoms with E-state index in [1.165, 1.54) is 5.56 Å². The average molecular weight is 340 g/mol. The van der Waals surface area contributed by atoms with Gasteiger partial charge in [-0.1, -0.05) is 18.2 Å². The molecule has 1 atom stereocenters. The first-order chi connectivity index (χ1) is 12.2. The topological polar surface area (TPSA) is 50.6 Å². The van der Waals surface area contributed by atoms with Crippen LogP contribution in [0.3, 0.4) is 0 Å². The van der Waals surface area contributed by atoms with E-state index in [-0.39, 0.29) is 12.0 Å². The van der Waals surface area contributed by atoms with Gasteiger partial charge in [0, 0.05) is 58.0 Å². The van der Waals surface area contributed by atoms with Gasteiger partial charge in [-0.05, 0) is 18.1 Å². The van der Waals surface area contributed by atoms with Gasteiger partial charge in [-0.2, -0.15) is 5.10 Å². The molecule has 1 saturated heterocycles. The van der Waals surface area contributed by atoms with Crippen LogP contribution < -0.4 is 4.74 Å². The minimum atomic E-state index is -0.359. The summed E-state index contributed by atoms with van der Waals surface area (Å²) in [6.07, 6.45) is 5.29. The van der Waals surface area contributed by atoms with Gasteiger partial charge in [-0.25, -0.2) is 0 Å². The predicted octanol–water partition coefficient (Wildman–Crippen LogP) is 1.46. The Morgan fingerprint density at radius 3 is 2.92 bits per heavy atom. The van der Waals surface area contributed by atoms with Crippen LogP contribution in [0.4, 0.5) is 0 Å². The maximum atomic E-state index is 12.9. The Balaban J connectivity index is 1.34. The second-order valence-corrected chi connectivity index (χ2v) is 6.90. The summed E-state index contributed by atoms with van der Waals surface area (Å²) in [7, 11) is 1.94. The lowest BCUT2D eigenvalue weighted by molar-refractivity contribution is -0.137. The number of nitrogens with zero attached hydrogens (tertiary/aromatic N) is 4. The Morgan fingerprint density at radius 2 is 2.12 bits per heavy atom. The van der Waals surface area contributed by atoms with Crippen LogP contribution in [-0.4, -0.2) is 57.8 Å². The largest absolute Gasteiger partial charge is 0.480 e. The zero-order valence-electron chi connectivity index (χ0n) is 14.6. The standard InChI is InChI=1S/C19H24N4O2/c1-21-13-15(12-20-21)14-22-7-4-8-23(10-9-22)19(24)18-11-16-5-2-3-6-17(16)25-18/h2-3,5-6,12-13,18H,4,7-11,14H2,1H3/t18-/m1/s1. The van der Waals surface area contributed by atoms with Crippen LogP contribution in [0.1, 0.15) is 17.5 Å². The number of carbonyl (C=O) groups is 1. The molecular weight excluding hydrogens is 316 g/mol. The number of fused-ring (bicyclic) bond motifs is 1. The molecule has 2 aliphatic rings. The summed E-state index contributed by atoms with van der Waals surface area (Å²) in [5, 5.41) is 4.23. The predicted molar refractivity (Wildman–Crippen MR) is 94.2 cm³/mol. The van der Waals surface area contributed by atoms with Crippen molar-refractivity contribution in [3.8, 4) is 5.75 Å². The molecule has 0 N–H and O–H groups in total. The minimum absolute atomic E-state index is 0.124. The van der Waals surface area contributed by atoms with E-state index >= 15 is 0 Å². The van der Waals surface area contributed by atoms with Gasteiger partial charge < -0.3 is 9.64 Å². The summed E-state index contributed by atoms with van der Waals surface area (Å²) < 4.78 is 7.70. The number of aryl methyl sites for hydroxylation is 1. The van der Waals surface area contributed by atoms with E-state index in [0.29, 0.717) is 6.42 Å². The maximum absolute atomic E-state index is 12.9. The van der Waals surface area contributed by atoms with Crippen LogP contribution in [-0.2, 0) is 24.8 Å². The maximum Gasteiger partial charge on any atom is 0.264 e. The van der Waals surface area contributed by atoms with E-state index in [1.807, 2.05) is 47.1 Å². The monoisotopic (exact) mass is 340 g/mol. The lowest BCUT2D eigenvalue weighted by Crippen LogP contribution is -2.43. The van der Waals surface area contributed by atoms with Crippen molar-refractivity contribution in [1.29, 1.82) is 0 Å². The number of benzene rings is 1. The smallest absolute Gasteiger partial charge is 0.264 e. The molecule has 2 aliphatic heterocycles. The average Bonchev–Trinajstić information content (AvgIpc) is 3.15. The van der Waals surface area contributed by atoms with Crippen molar-refractivity contribution in [1.82, 2.24) is 19.6 Å². The van der Waals surface area contributed by atoms with E-state index in [4.69, 9.17) is 4.74 Å². The van der Waals surface area contributed by atoms with Crippen molar-refractivity contribution in [2.24, 2.45) is 7.05 Å². The third-order valence-electron chi connectivity index (χ3n) is 4.99. The summed E-state index contributed by atoms with van der Waals surface area (Å²) in [6.45, 7) is 4.35. The fourth-order valence-corrected chi connectivity index (χ4v) is 3.68. The van der Waals surface area contributed by atoms with E-state index < -0.39 is 0 Å². The van der Waals surface area contributed by atoms with Gasteiger partial charge in [0.15, 0.2) is 6.10 Å². The van der Waals surface area contributed by atoms with Crippen LogP contribution in [0, 0.1) is 0 Å². The first-order valence-electron chi connectivity index (χ1n) is 8.92. The van der Waals surface area contributed by atoms with Crippen LogP contribution in [0.25, 0.3) is 0 Å². The summed E-state index contributed by atoms with van der Waals surface area (Å²) in [5.41, 5.74) is 2.35. The molecule has 1 aromatic heterocycles. The number of amides is 1. The van der Waals surface area contributed by atoms with Crippen LogP contribution in [0.5, 0.6) is 5.75 Å². The lowest BCUT2D eigenvalue weighted by Gasteiger charge is -2.24. The molecule has 1 amide bonds. The van der Waals surface area contributed by atoms with Crippen molar-refractivity contribution in [3.63, 3.8) is 0 Å². The Hall–Kier alpha value is -2.34. The Kier molecular flexibility index (Phi) is 4.44. The van der Waals surface area contributed by atoms with E-state index in [9.17, 15) is 4.79 Å². The van der Waals surface area contributed by atoms with Gasteiger partial charge in [0.2, 0.25) is 0 Å². The number of rotatable bonds is 3. The molecule has 0 saturated carbocycles. The summed E-state index contributed by atoms with van der Waals surface area (Å²) in [4.78, 5) is 17.2. The summed E-state index contributed by atoms with van der Waals surface area (Å²) in [6, 6.07) is 7.94. The van der Waals surface area contributed by atoms with Crippen molar-refractivity contribution in [2.75, 3.05) is 26.2 Å². The zero-order chi connectivity index (χ0) is 17.2. The van der Waals surface area contributed by atoms with Gasteiger partial charge >= 0.3 is 0 Å². The molecule has 0 radical (unpaired) electrons. The molecule has 0 bridgehead atoms. The highest BCUT2D eigenvalue weighted by molar-refractivity contribution is 5.82. The number of hydrogen-bond donors (Lipinski definition) is 0. The molecule has 0 unspecified atom stereocenters. The van der Waals surface area contributed by atoms with Crippen molar-refractivity contribution >= 4 is 5.91 Å². The molecule has 4 rings (SSSR count). The number of para-hydroxylation sites is 1. The fourth-order valence-electron chi connectivity index (χ4n) is 3.68. The molecule has 0 aliphatic carbocycles. The minimum Gasteiger partial charge on any atom is -0.480 e. The Bertz CT molecular complexity index is 732. The summed E-state index contributed by atoms with van der Waals surface area (Å²) >= 11 is 0.